The number of para-hydroxylation sites is 2. The quantitative estimate of drug-likeness (QED) is 0.621. The highest BCUT2D eigenvalue weighted by molar-refractivity contribution is 5.83. The van der Waals surface area contributed by atoms with Crippen LogP contribution in [-0.4, -0.2) is 79.7 Å². The van der Waals surface area contributed by atoms with Crippen LogP contribution >= 0.6 is 0 Å². The number of ketones is 1. The zero-order chi connectivity index (χ0) is 28.4. The summed E-state index contributed by atoms with van der Waals surface area (Å²) in [4.78, 5) is 16.0. The molecule has 1 aliphatic heterocycles. The van der Waals surface area contributed by atoms with E-state index in [1.54, 1.807) is 32.0 Å². The monoisotopic (exact) mass is 433 g/mol. The van der Waals surface area contributed by atoms with Gasteiger partial charge in [0.15, 0.2) is 17.3 Å². The molecule has 0 saturated carbocycles. The number of methoxy groups -OCH3 is 1. The van der Waals surface area contributed by atoms with E-state index < -0.39 is 19.2 Å². The molecule has 1 aliphatic rings. The van der Waals surface area contributed by atoms with Crippen LogP contribution in [0.15, 0.2) is 42.4 Å². The minimum absolute atomic E-state index is 0.0377. The standard InChI is InChI=1S/C25H34N2O4/c1-19-7-6-8-20(2)23(19)15-21(28)16-26-11-13-27(14-12-26)17-22(29)18-31-25-10-5-4-9-24(25)30-3/h4-10,22,29H,11-18H2,1-3H3/i6D,7D,8D,17D2,18D2. The second-order valence-corrected chi connectivity index (χ2v) is 7.48. The zero-order valence-corrected chi connectivity index (χ0v) is 18.2. The summed E-state index contributed by atoms with van der Waals surface area (Å²) < 4.78 is 67.8. The minimum atomic E-state index is -2.76. The second-order valence-electron chi connectivity index (χ2n) is 7.48. The highest BCUT2D eigenvalue weighted by Crippen LogP contribution is 2.25. The smallest absolute Gasteiger partial charge is 0.161 e. The summed E-state index contributed by atoms with van der Waals surface area (Å²) in [6.45, 7) is -0.805. The van der Waals surface area contributed by atoms with Crippen LogP contribution < -0.4 is 9.47 Å². The molecule has 1 fully saturated rings. The molecule has 0 aromatic heterocycles. The van der Waals surface area contributed by atoms with Crippen LogP contribution in [0.5, 0.6) is 11.5 Å². The number of β-amino-alcohol motifs (C(OH)–C–C–N with tert-alkyl or cyclic N) is 1. The van der Waals surface area contributed by atoms with E-state index in [0.717, 1.165) is 0 Å². The first kappa shape index (κ1) is 15.4. The fraction of sp³-hybridized carbons (Fsp3) is 0.480. The van der Waals surface area contributed by atoms with Crippen LogP contribution in [-0.2, 0) is 11.2 Å². The maximum absolute atomic E-state index is 12.8. The number of ether oxygens (including phenoxy) is 2. The van der Waals surface area contributed by atoms with Crippen LogP contribution in [0.1, 0.15) is 26.3 Å². The third kappa shape index (κ3) is 6.79. The average molecular weight is 434 g/mol. The van der Waals surface area contributed by atoms with Crippen molar-refractivity contribution in [3.63, 3.8) is 0 Å². The Labute approximate surface area is 195 Å². The molecular formula is C25H34N2O4. The van der Waals surface area contributed by atoms with Gasteiger partial charge in [-0.25, -0.2) is 0 Å². The molecule has 1 unspecified atom stereocenters. The minimum Gasteiger partial charge on any atom is -0.493 e. The normalized spacial score (nSPS) is 20.3. The van der Waals surface area contributed by atoms with Gasteiger partial charge in [-0.1, -0.05) is 30.3 Å². The number of benzene rings is 2. The van der Waals surface area contributed by atoms with Gasteiger partial charge in [-0.2, -0.15) is 0 Å². The van der Waals surface area contributed by atoms with E-state index >= 15 is 0 Å². The number of carbonyl (C=O) groups excluding carboxylic acids is 1. The number of nitrogens with zero attached hydrogens (tertiary/aromatic N) is 2. The largest absolute Gasteiger partial charge is 0.493 e. The van der Waals surface area contributed by atoms with Crippen molar-refractivity contribution >= 4 is 5.78 Å². The third-order valence-corrected chi connectivity index (χ3v) is 5.21. The molecular weight excluding hydrogens is 392 g/mol. The Morgan fingerprint density at radius 3 is 2.39 bits per heavy atom. The molecule has 1 N–H and O–H groups in total. The summed E-state index contributed by atoms with van der Waals surface area (Å²) in [5, 5.41) is 10.7. The molecule has 0 amide bonds. The number of carbonyl (C=O) groups is 1. The van der Waals surface area contributed by atoms with E-state index in [4.69, 9.17) is 19.1 Å². The number of hydrogen-bond donors (Lipinski definition) is 1. The Morgan fingerprint density at radius 2 is 1.74 bits per heavy atom. The lowest BCUT2D eigenvalue weighted by Crippen LogP contribution is -2.50. The van der Waals surface area contributed by atoms with E-state index in [9.17, 15) is 9.90 Å². The summed E-state index contributed by atoms with van der Waals surface area (Å²) >= 11 is 0. The molecule has 0 bridgehead atoms. The Morgan fingerprint density at radius 1 is 1.13 bits per heavy atom. The Kier molecular flexibility index (Phi) is 5.60. The molecule has 2 aromatic carbocycles. The predicted octanol–water partition coefficient (Wildman–Crippen LogP) is 2.48. The Bertz CT molecular complexity index is 1140. The molecule has 2 aromatic rings. The molecule has 6 nitrogen and oxygen atoms in total. The van der Waals surface area contributed by atoms with Gasteiger partial charge in [0.05, 0.1) is 20.5 Å². The fourth-order valence-corrected chi connectivity index (χ4v) is 3.48. The fourth-order valence-electron chi connectivity index (χ4n) is 3.48. The van der Waals surface area contributed by atoms with Crippen molar-refractivity contribution < 1.29 is 29.0 Å². The maximum atomic E-state index is 12.8. The van der Waals surface area contributed by atoms with Gasteiger partial charge in [-0.05, 0) is 42.7 Å². The van der Waals surface area contributed by atoms with Crippen LogP contribution in [0.25, 0.3) is 0 Å². The first-order valence-electron chi connectivity index (χ1n) is 13.8. The molecule has 31 heavy (non-hydrogen) atoms. The van der Waals surface area contributed by atoms with Crippen molar-refractivity contribution in [1.29, 1.82) is 0 Å². The van der Waals surface area contributed by atoms with Gasteiger partial charge in [0, 0.05) is 41.8 Å². The van der Waals surface area contributed by atoms with Gasteiger partial charge < -0.3 is 14.6 Å². The van der Waals surface area contributed by atoms with Crippen LogP contribution in [0, 0.1) is 13.8 Å². The SMILES string of the molecule is [2H]c1c([2H])c(C)c(CC(=O)CN2CCN(C([2H])([2H])C(O)C([2H])([2H])Oc3ccccc3OC)CC2)c(C)c1[2H]. The van der Waals surface area contributed by atoms with E-state index in [0.29, 0.717) is 29.8 Å². The number of rotatable bonds is 10. The predicted molar refractivity (Wildman–Crippen MR) is 122 cm³/mol. The summed E-state index contributed by atoms with van der Waals surface area (Å²) in [5.41, 5.74) is 1.64. The molecule has 0 radical (unpaired) electrons. The van der Waals surface area contributed by atoms with E-state index in [1.807, 2.05) is 4.90 Å². The summed E-state index contributed by atoms with van der Waals surface area (Å²) in [5.74, 6) is 0.170. The molecule has 0 spiro atoms. The molecule has 3 rings (SSSR count). The van der Waals surface area contributed by atoms with Crippen LogP contribution in [0.2, 0.25) is 0 Å². The van der Waals surface area contributed by atoms with Crippen molar-refractivity contribution in [3.05, 3.63) is 59.1 Å². The number of aliphatic hydroxyl groups is 1. The number of hydrogen-bond acceptors (Lipinski definition) is 6. The number of aliphatic hydroxyl groups excluding tert-OH is 1. The number of piperazine rings is 1. The van der Waals surface area contributed by atoms with E-state index in [1.165, 1.54) is 18.1 Å². The van der Waals surface area contributed by atoms with Gasteiger partial charge >= 0.3 is 0 Å². The zero-order valence-electron chi connectivity index (χ0n) is 25.2. The average Bonchev–Trinajstić information content (AvgIpc) is 2.88. The lowest BCUT2D eigenvalue weighted by atomic mass is 9.98. The molecule has 1 saturated heterocycles. The van der Waals surface area contributed by atoms with Crippen molar-refractivity contribution in [2.45, 2.75) is 26.4 Å². The molecule has 1 heterocycles. The molecule has 1 atom stereocenters. The molecule has 0 aliphatic carbocycles. The first-order valence-corrected chi connectivity index (χ1v) is 10.3. The van der Waals surface area contributed by atoms with Gasteiger partial charge in [-0.3, -0.25) is 14.6 Å². The van der Waals surface area contributed by atoms with Gasteiger partial charge in [0.1, 0.15) is 12.7 Å². The summed E-state index contributed by atoms with van der Waals surface area (Å²) in [6, 6.07) is 6.07. The number of Topliss-reactive ketones (excluding diaryl/α,β-unsaturated/α-hetero) is 1. The lowest BCUT2D eigenvalue weighted by molar-refractivity contribution is -0.120. The van der Waals surface area contributed by atoms with Crippen molar-refractivity contribution in [2.24, 2.45) is 0 Å². The first-order chi connectivity index (χ1) is 17.7. The van der Waals surface area contributed by atoms with Crippen molar-refractivity contribution in [3.8, 4) is 11.5 Å². The van der Waals surface area contributed by atoms with Crippen LogP contribution in [0.3, 0.4) is 0 Å². The second kappa shape index (κ2) is 11.3. The van der Waals surface area contributed by atoms with Gasteiger partial charge in [0.2, 0.25) is 0 Å². The van der Waals surface area contributed by atoms with Crippen LogP contribution in [0.4, 0.5) is 0 Å². The molecule has 168 valence electrons. The van der Waals surface area contributed by atoms with E-state index in [-0.39, 0.29) is 61.5 Å². The molecule has 6 heteroatoms. The van der Waals surface area contributed by atoms with Gasteiger partial charge in [0.25, 0.3) is 0 Å². The van der Waals surface area contributed by atoms with Crippen molar-refractivity contribution in [2.75, 3.05) is 52.9 Å². The summed E-state index contributed by atoms with van der Waals surface area (Å²) in [6.07, 6.45) is -2.10. The lowest BCUT2D eigenvalue weighted by Gasteiger charge is -2.35. The third-order valence-electron chi connectivity index (χ3n) is 5.21. The maximum Gasteiger partial charge on any atom is 0.161 e. The van der Waals surface area contributed by atoms with Crippen molar-refractivity contribution in [1.82, 2.24) is 9.80 Å². The highest BCUT2D eigenvalue weighted by Gasteiger charge is 2.21. The Balaban J connectivity index is 1.60. The Hall–Kier alpha value is -2.41. The summed E-state index contributed by atoms with van der Waals surface area (Å²) in [7, 11) is 1.40. The van der Waals surface area contributed by atoms with Gasteiger partial charge in [-0.15, -0.1) is 0 Å². The topological polar surface area (TPSA) is 62.2 Å². The highest BCUT2D eigenvalue weighted by atomic mass is 16.5. The van der Waals surface area contributed by atoms with E-state index in [2.05, 4.69) is 0 Å².